The first-order chi connectivity index (χ1) is 17.2. The SMILES string of the molecule is CCOCCOCCNC(=O)CN1CCN(CC(=O)O)CCN(CC(N)=O)CCN(CC(=O)O)CC1. The lowest BCUT2D eigenvalue weighted by molar-refractivity contribution is -0.139. The number of carbonyl (C=O) groups excluding carboxylic acids is 2. The minimum Gasteiger partial charge on any atom is -0.480 e. The van der Waals surface area contributed by atoms with Crippen molar-refractivity contribution in [3.63, 3.8) is 0 Å². The second kappa shape index (κ2) is 18.8. The standard InChI is InChI=1S/C22H42N6O8/c1-2-35-13-14-36-12-3-24-20(30)16-26-6-10-27(17-21(31)32)8-4-25(15-19(23)29)5-9-28(11-7-26)18-22(33)34/h2-18H2,1H3,(H2,23,29)(H,24,30)(H,31,32)(H,33,34). The fourth-order valence-electron chi connectivity index (χ4n) is 3.70. The maximum Gasteiger partial charge on any atom is 0.317 e. The lowest BCUT2D eigenvalue weighted by atomic mass is 10.3. The van der Waals surface area contributed by atoms with Gasteiger partial charge in [-0.2, -0.15) is 0 Å². The lowest BCUT2D eigenvalue weighted by Crippen LogP contribution is -2.50. The van der Waals surface area contributed by atoms with Gasteiger partial charge in [0, 0.05) is 65.5 Å². The van der Waals surface area contributed by atoms with E-state index in [1.807, 2.05) is 11.8 Å². The van der Waals surface area contributed by atoms with E-state index in [2.05, 4.69) is 5.32 Å². The molecule has 0 unspecified atom stereocenters. The summed E-state index contributed by atoms with van der Waals surface area (Å²) in [5.41, 5.74) is 5.35. The van der Waals surface area contributed by atoms with Crippen LogP contribution in [0.25, 0.3) is 0 Å². The maximum absolute atomic E-state index is 12.5. The summed E-state index contributed by atoms with van der Waals surface area (Å²) in [6, 6.07) is 0. The number of nitrogens with zero attached hydrogens (tertiary/aromatic N) is 4. The first-order valence-electron chi connectivity index (χ1n) is 12.2. The molecule has 0 saturated carbocycles. The molecule has 0 aromatic rings. The van der Waals surface area contributed by atoms with E-state index in [1.165, 1.54) is 0 Å². The van der Waals surface area contributed by atoms with Gasteiger partial charge in [-0.15, -0.1) is 0 Å². The van der Waals surface area contributed by atoms with Gasteiger partial charge in [0.2, 0.25) is 11.8 Å². The molecule has 208 valence electrons. The van der Waals surface area contributed by atoms with E-state index in [4.69, 9.17) is 15.2 Å². The van der Waals surface area contributed by atoms with Crippen LogP contribution < -0.4 is 11.1 Å². The van der Waals surface area contributed by atoms with Crippen molar-refractivity contribution in [2.24, 2.45) is 5.73 Å². The molecular formula is C22H42N6O8. The Balaban J connectivity index is 2.74. The number of hydrogen-bond acceptors (Lipinski definition) is 10. The van der Waals surface area contributed by atoms with E-state index < -0.39 is 17.8 Å². The molecule has 0 spiro atoms. The third-order valence-corrected chi connectivity index (χ3v) is 5.54. The van der Waals surface area contributed by atoms with Gasteiger partial charge < -0.3 is 30.7 Å². The van der Waals surface area contributed by atoms with Crippen LogP contribution in [0, 0.1) is 0 Å². The molecule has 2 amide bonds. The zero-order valence-electron chi connectivity index (χ0n) is 21.2. The summed E-state index contributed by atoms with van der Waals surface area (Å²) >= 11 is 0. The van der Waals surface area contributed by atoms with Crippen molar-refractivity contribution >= 4 is 23.8 Å². The average molecular weight is 519 g/mol. The first-order valence-corrected chi connectivity index (χ1v) is 12.2. The molecule has 1 aliphatic rings. The molecule has 0 radical (unpaired) electrons. The third kappa shape index (κ3) is 16.3. The molecule has 1 aliphatic heterocycles. The average Bonchev–Trinajstić information content (AvgIpc) is 2.79. The monoisotopic (exact) mass is 518 g/mol. The highest BCUT2D eigenvalue weighted by molar-refractivity contribution is 5.78. The molecule has 14 heteroatoms. The normalized spacial score (nSPS) is 17.7. The van der Waals surface area contributed by atoms with Crippen LogP contribution in [0.15, 0.2) is 0 Å². The number of ether oxygens (including phenoxy) is 2. The Morgan fingerprint density at radius 3 is 1.53 bits per heavy atom. The summed E-state index contributed by atoms with van der Waals surface area (Å²) in [6.45, 7) is 7.14. The van der Waals surface area contributed by atoms with Gasteiger partial charge in [-0.25, -0.2) is 0 Å². The number of primary amides is 1. The molecule has 5 N–H and O–H groups in total. The Morgan fingerprint density at radius 1 is 0.694 bits per heavy atom. The number of hydrogen-bond donors (Lipinski definition) is 4. The number of carboxylic acid groups (broad SMARTS) is 2. The highest BCUT2D eigenvalue weighted by Gasteiger charge is 2.20. The van der Waals surface area contributed by atoms with Crippen LogP contribution in [-0.4, -0.2) is 165 Å². The van der Waals surface area contributed by atoms with Gasteiger partial charge in [0.05, 0.1) is 46.0 Å². The van der Waals surface area contributed by atoms with Crippen LogP contribution in [0.1, 0.15) is 6.92 Å². The lowest BCUT2D eigenvalue weighted by Gasteiger charge is -2.33. The number of rotatable bonds is 15. The molecule has 0 aliphatic carbocycles. The van der Waals surface area contributed by atoms with Crippen molar-refractivity contribution in [2.75, 3.05) is 112 Å². The van der Waals surface area contributed by atoms with Crippen LogP contribution >= 0.6 is 0 Å². The molecule has 14 nitrogen and oxygen atoms in total. The molecule has 0 aromatic carbocycles. The van der Waals surface area contributed by atoms with E-state index in [9.17, 15) is 29.4 Å². The number of nitrogens with one attached hydrogen (secondary N) is 1. The summed E-state index contributed by atoms with van der Waals surface area (Å²) in [5.74, 6) is -2.64. The van der Waals surface area contributed by atoms with Crippen molar-refractivity contribution in [1.82, 2.24) is 24.9 Å². The molecular weight excluding hydrogens is 476 g/mol. The van der Waals surface area contributed by atoms with Crippen molar-refractivity contribution in [1.29, 1.82) is 0 Å². The van der Waals surface area contributed by atoms with Gasteiger partial charge in [-0.05, 0) is 6.92 Å². The Morgan fingerprint density at radius 2 is 1.11 bits per heavy atom. The summed E-state index contributed by atoms with van der Waals surface area (Å²) < 4.78 is 10.6. The van der Waals surface area contributed by atoms with Crippen molar-refractivity contribution < 1.29 is 38.9 Å². The van der Waals surface area contributed by atoms with Gasteiger partial charge in [0.25, 0.3) is 0 Å². The predicted octanol–water partition coefficient (Wildman–Crippen LogP) is -2.97. The molecule has 0 aromatic heterocycles. The Hall–Kier alpha value is -2.36. The van der Waals surface area contributed by atoms with E-state index in [0.717, 1.165) is 0 Å². The summed E-state index contributed by atoms with van der Waals surface area (Å²) in [7, 11) is 0. The predicted molar refractivity (Wildman–Crippen MR) is 131 cm³/mol. The van der Waals surface area contributed by atoms with Crippen LogP contribution in [0.4, 0.5) is 0 Å². The Bertz CT molecular complexity index is 651. The first kappa shape index (κ1) is 31.7. The van der Waals surface area contributed by atoms with Crippen LogP contribution in [0.5, 0.6) is 0 Å². The quantitative estimate of drug-likeness (QED) is 0.162. The van der Waals surface area contributed by atoms with E-state index in [-0.39, 0.29) is 32.1 Å². The van der Waals surface area contributed by atoms with Crippen LogP contribution in [0.3, 0.4) is 0 Å². The molecule has 1 rings (SSSR count). The number of carboxylic acids is 2. The van der Waals surface area contributed by atoms with E-state index in [0.29, 0.717) is 85.3 Å². The van der Waals surface area contributed by atoms with E-state index >= 15 is 0 Å². The Kier molecular flexibility index (Phi) is 16.6. The zero-order valence-corrected chi connectivity index (χ0v) is 21.2. The number of aliphatic carboxylic acids is 2. The fourth-order valence-corrected chi connectivity index (χ4v) is 3.70. The van der Waals surface area contributed by atoms with Gasteiger partial charge in [0.1, 0.15) is 0 Å². The smallest absolute Gasteiger partial charge is 0.317 e. The van der Waals surface area contributed by atoms with Gasteiger partial charge in [0.15, 0.2) is 0 Å². The minimum atomic E-state index is -0.968. The van der Waals surface area contributed by atoms with Crippen molar-refractivity contribution in [2.45, 2.75) is 6.92 Å². The number of amides is 2. The molecule has 36 heavy (non-hydrogen) atoms. The van der Waals surface area contributed by atoms with Crippen molar-refractivity contribution in [3.05, 3.63) is 0 Å². The molecule has 0 atom stereocenters. The largest absolute Gasteiger partial charge is 0.480 e. The third-order valence-electron chi connectivity index (χ3n) is 5.54. The number of nitrogens with two attached hydrogens (primary N) is 1. The summed E-state index contributed by atoms with van der Waals surface area (Å²) in [5, 5.41) is 21.4. The minimum absolute atomic E-state index is 0.00343. The summed E-state index contributed by atoms with van der Waals surface area (Å²) in [6.07, 6.45) is 0. The fraction of sp³-hybridized carbons (Fsp3) is 0.818. The van der Waals surface area contributed by atoms with Gasteiger partial charge in [-0.1, -0.05) is 0 Å². The molecule has 1 fully saturated rings. The van der Waals surface area contributed by atoms with E-state index in [1.54, 1.807) is 14.7 Å². The van der Waals surface area contributed by atoms with Crippen LogP contribution in [-0.2, 0) is 28.7 Å². The second-order valence-electron chi connectivity index (χ2n) is 8.52. The maximum atomic E-state index is 12.5. The van der Waals surface area contributed by atoms with Gasteiger partial charge >= 0.3 is 11.9 Å². The molecule has 1 saturated heterocycles. The summed E-state index contributed by atoms with van der Waals surface area (Å²) in [4.78, 5) is 53.8. The highest BCUT2D eigenvalue weighted by atomic mass is 16.5. The second-order valence-corrected chi connectivity index (χ2v) is 8.52. The zero-order chi connectivity index (χ0) is 26.8. The highest BCUT2D eigenvalue weighted by Crippen LogP contribution is 2.01. The van der Waals surface area contributed by atoms with Crippen LogP contribution in [0.2, 0.25) is 0 Å². The Labute approximate surface area is 212 Å². The van der Waals surface area contributed by atoms with Crippen molar-refractivity contribution in [3.8, 4) is 0 Å². The number of carbonyl (C=O) groups is 4. The van der Waals surface area contributed by atoms with Gasteiger partial charge in [-0.3, -0.25) is 38.8 Å². The topological polar surface area (TPSA) is 178 Å². The molecule has 1 heterocycles. The molecule has 0 bridgehead atoms.